The van der Waals surface area contributed by atoms with E-state index in [2.05, 4.69) is 20.9 Å². The van der Waals surface area contributed by atoms with Gasteiger partial charge in [-0.1, -0.05) is 15.9 Å². The van der Waals surface area contributed by atoms with E-state index in [9.17, 15) is 14.0 Å². The van der Waals surface area contributed by atoms with E-state index in [1.165, 1.54) is 18.4 Å². The van der Waals surface area contributed by atoms with E-state index in [-0.39, 0.29) is 23.1 Å². The number of carboxylic acid groups (broad SMARTS) is 1. The normalized spacial score (nSPS) is 15.5. The van der Waals surface area contributed by atoms with Crippen LogP contribution in [0.1, 0.15) is 23.3 Å². The number of carbonyl (C=O) groups is 2. The van der Waals surface area contributed by atoms with Crippen molar-refractivity contribution in [2.45, 2.75) is 12.8 Å². The number of aromatic nitrogens is 1. The van der Waals surface area contributed by atoms with Crippen LogP contribution in [0.3, 0.4) is 0 Å². The first-order valence-corrected chi connectivity index (χ1v) is 8.18. The van der Waals surface area contributed by atoms with Crippen LogP contribution >= 0.6 is 15.9 Å². The number of carboxylic acids is 1. The van der Waals surface area contributed by atoms with Crippen LogP contribution in [0.5, 0.6) is 0 Å². The number of hydrogen-bond acceptors (Lipinski definition) is 4. The molecule has 1 aromatic heterocycles. The smallest absolute Gasteiger partial charge is 0.306 e. The van der Waals surface area contributed by atoms with Crippen molar-refractivity contribution < 1.29 is 23.5 Å². The number of nitrogens with zero attached hydrogens (tertiary/aromatic N) is 2. The summed E-state index contributed by atoms with van der Waals surface area (Å²) in [6, 6.07) is 4.45. The summed E-state index contributed by atoms with van der Waals surface area (Å²) >= 11 is 3.17. The molecule has 0 spiro atoms. The Kier molecular flexibility index (Phi) is 4.66. The molecule has 1 amide bonds. The summed E-state index contributed by atoms with van der Waals surface area (Å²) in [5.74, 6) is -2.07. The van der Waals surface area contributed by atoms with Crippen molar-refractivity contribution >= 4 is 27.8 Å². The van der Waals surface area contributed by atoms with Gasteiger partial charge in [0.2, 0.25) is 5.89 Å². The third-order valence-corrected chi connectivity index (χ3v) is 4.51. The van der Waals surface area contributed by atoms with E-state index in [4.69, 9.17) is 9.52 Å². The van der Waals surface area contributed by atoms with E-state index in [0.717, 1.165) is 0 Å². The monoisotopic (exact) mass is 396 g/mol. The molecule has 2 aromatic rings. The second kappa shape index (κ2) is 6.72. The highest BCUT2D eigenvalue weighted by Crippen LogP contribution is 2.26. The molecule has 0 unspecified atom stereocenters. The van der Waals surface area contributed by atoms with Crippen LogP contribution in [0.4, 0.5) is 4.39 Å². The quantitative estimate of drug-likeness (QED) is 0.860. The number of hydrogen-bond donors (Lipinski definition) is 1. The zero-order chi connectivity index (χ0) is 17.3. The van der Waals surface area contributed by atoms with Gasteiger partial charge in [-0.15, -0.1) is 0 Å². The maximum absolute atomic E-state index is 13.9. The van der Waals surface area contributed by atoms with Gasteiger partial charge in [0, 0.05) is 17.6 Å². The molecule has 3 rings (SSSR count). The van der Waals surface area contributed by atoms with Gasteiger partial charge < -0.3 is 14.4 Å². The van der Waals surface area contributed by atoms with E-state index in [0.29, 0.717) is 30.4 Å². The summed E-state index contributed by atoms with van der Waals surface area (Å²) < 4.78 is 19.8. The first-order chi connectivity index (χ1) is 11.5. The lowest BCUT2D eigenvalue weighted by atomic mass is 9.97. The van der Waals surface area contributed by atoms with Crippen molar-refractivity contribution in [1.29, 1.82) is 0 Å². The van der Waals surface area contributed by atoms with Crippen molar-refractivity contribution in [2.24, 2.45) is 5.92 Å². The minimum atomic E-state index is -0.837. The Bertz CT molecular complexity index is 784. The number of rotatable bonds is 3. The maximum atomic E-state index is 13.9. The first-order valence-electron chi connectivity index (χ1n) is 7.38. The van der Waals surface area contributed by atoms with Crippen LogP contribution in [0.15, 0.2) is 33.4 Å². The number of benzene rings is 1. The predicted molar refractivity (Wildman–Crippen MR) is 85.9 cm³/mol. The summed E-state index contributed by atoms with van der Waals surface area (Å²) in [7, 11) is 0. The highest BCUT2D eigenvalue weighted by atomic mass is 79.9. The van der Waals surface area contributed by atoms with Crippen LogP contribution < -0.4 is 0 Å². The van der Waals surface area contributed by atoms with E-state index >= 15 is 0 Å². The summed E-state index contributed by atoms with van der Waals surface area (Å²) in [5, 5.41) is 8.99. The van der Waals surface area contributed by atoms with Crippen LogP contribution in [0.2, 0.25) is 0 Å². The van der Waals surface area contributed by atoms with Gasteiger partial charge in [-0.25, -0.2) is 9.37 Å². The average molecular weight is 397 g/mol. The molecular formula is C16H14BrFN2O4. The molecule has 0 radical (unpaired) electrons. The van der Waals surface area contributed by atoms with Gasteiger partial charge in [0.25, 0.3) is 5.91 Å². The van der Waals surface area contributed by atoms with Crippen LogP contribution in [-0.2, 0) is 4.79 Å². The topological polar surface area (TPSA) is 83.6 Å². The largest absolute Gasteiger partial charge is 0.481 e. The molecule has 1 N–H and O–H groups in total. The van der Waals surface area contributed by atoms with Crippen LogP contribution in [-0.4, -0.2) is 40.0 Å². The summed E-state index contributed by atoms with van der Waals surface area (Å²) in [6.07, 6.45) is 2.02. The van der Waals surface area contributed by atoms with E-state index < -0.39 is 17.7 Å². The molecule has 1 aliphatic heterocycles. The molecule has 2 heterocycles. The summed E-state index contributed by atoms with van der Waals surface area (Å²) in [4.78, 5) is 29.0. The molecule has 0 atom stereocenters. The Morgan fingerprint density at radius 2 is 2.04 bits per heavy atom. The highest BCUT2D eigenvalue weighted by Gasteiger charge is 2.29. The third-order valence-electron chi connectivity index (χ3n) is 4.02. The SMILES string of the molecule is O=C(O)C1CCN(C(=O)c2coc(-c3ccc(Br)cc3F)n2)CC1. The summed E-state index contributed by atoms with van der Waals surface area (Å²) in [6.45, 7) is 0.704. The van der Waals surface area contributed by atoms with Crippen molar-refractivity contribution in [3.63, 3.8) is 0 Å². The Labute approximate surface area is 145 Å². The van der Waals surface area contributed by atoms with Crippen molar-refractivity contribution in [2.75, 3.05) is 13.1 Å². The van der Waals surface area contributed by atoms with Gasteiger partial charge in [-0.2, -0.15) is 0 Å². The molecule has 0 bridgehead atoms. The average Bonchev–Trinajstić information content (AvgIpc) is 3.04. The van der Waals surface area contributed by atoms with Gasteiger partial charge in [0.1, 0.15) is 12.1 Å². The highest BCUT2D eigenvalue weighted by molar-refractivity contribution is 9.10. The van der Waals surface area contributed by atoms with E-state index in [1.807, 2.05) is 0 Å². The van der Waals surface area contributed by atoms with E-state index in [1.54, 1.807) is 11.0 Å². The fraction of sp³-hybridized carbons (Fsp3) is 0.312. The molecule has 0 saturated carbocycles. The minimum absolute atomic E-state index is 0.0313. The van der Waals surface area contributed by atoms with Gasteiger partial charge in [0.05, 0.1) is 11.5 Å². The van der Waals surface area contributed by atoms with Crippen molar-refractivity contribution in [3.8, 4) is 11.5 Å². The molecule has 6 nitrogen and oxygen atoms in total. The molecule has 1 aliphatic rings. The Morgan fingerprint density at radius 1 is 1.33 bits per heavy atom. The standard InChI is InChI=1S/C16H14BrFN2O4/c17-10-1-2-11(12(18)7-10)14-19-13(8-24-14)15(21)20-5-3-9(4-6-20)16(22)23/h1-2,7-9H,3-6H2,(H,22,23). The van der Waals surface area contributed by atoms with Gasteiger partial charge in [-0.05, 0) is 31.0 Å². The maximum Gasteiger partial charge on any atom is 0.306 e. The second-order valence-electron chi connectivity index (χ2n) is 5.57. The predicted octanol–water partition coefficient (Wildman–Crippen LogP) is 3.18. The molecule has 1 fully saturated rings. The molecular weight excluding hydrogens is 383 g/mol. The lowest BCUT2D eigenvalue weighted by Gasteiger charge is -2.29. The number of oxazole rings is 1. The van der Waals surface area contributed by atoms with Gasteiger partial charge >= 0.3 is 5.97 Å². The summed E-state index contributed by atoms with van der Waals surface area (Å²) in [5.41, 5.74) is 0.253. The number of carbonyl (C=O) groups excluding carboxylic acids is 1. The molecule has 1 saturated heterocycles. The van der Waals surface area contributed by atoms with Gasteiger partial charge in [0.15, 0.2) is 5.69 Å². The van der Waals surface area contributed by atoms with Crippen molar-refractivity contribution in [1.82, 2.24) is 9.88 Å². The fourth-order valence-electron chi connectivity index (χ4n) is 2.65. The number of piperidine rings is 1. The molecule has 8 heteroatoms. The zero-order valence-electron chi connectivity index (χ0n) is 12.5. The van der Waals surface area contributed by atoms with Crippen LogP contribution in [0, 0.1) is 11.7 Å². The third kappa shape index (κ3) is 3.33. The van der Waals surface area contributed by atoms with Gasteiger partial charge in [-0.3, -0.25) is 9.59 Å². The lowest BCUT2D eigenvalue weighted by Crippen LogP contribution is -2.40. The number of halogens is 2. The Morgan fingerprint density at radius 3 is 2.67 bits per heavy atom. The number of amides is 1. The Balaban J connectivity index is 1.74. The molecule has 24 heavy (non-hydrogen) atoms. The molecule has 126 valence electrons. The fourth-order valence-corrected chi connectivity index (χ4v) is 2.98. The second-order valence-corrected chi connectivity index (χ2v) is 6.48. The number of aliphatic carboxylic acids is 1. The first kappa shape index (κ1) is 16.6. The minimum Gasteiger partial charge on any atom is -0.481 e. The Hall–Kier alpha value is -2.22. The number of likely N-dealkylation sites (tertiary alicyclic amines) is 1. The van der Waals surface area contributed by atoms with Crippen molar-refractivity contribution in [3.05, 3.63) is 40.4 Å². The van der Waals surface area contributed by atoms with Crippen LogP contribution in [0.25, 0.3) is 11.5 Å². The molecule has 1 aromatic carbocycles. The molecule has 0 aliphatic carbocycles. The zero-order valence-corrected chi connectivity index (χ0v) is 14.1. The lowest BCUT2D eigenvalue weighted by molar-refractivity contribution is -0.143.